The lowest BCUT2D eigenvalue weighted by atomic mass is 10.0. The van der Waals surface area contributed by atoms with Gasteiger partial charge in [0.05, 0.1) is 6.61 Å². The summed E-state index contributed by atoms with van der Waals surface area (Å²) in [5, 5.41) is 12.2. The van der Waals surface area contributed by atoms with E-state index in [-0.39, 0.29) is 5.91 Å². The molecule has 5 nitrogen and oxygen atoms in total. The summed E-state index contributed by atoms with van der Waals surface area (Å²) in [4.78, 5) is 12.1. The van der Waals surface area contributed by atoms with Gasteiger partial charge in [0.25, 0.3) is 0 Å². The number of aromatic nitrogens is 2. The third-order valence-electron chi connectivity index (χ3n) is 4.06. The molecule has 0 fully saturated rings. The van der Waals surface area contributed by atoms with Crippen LogP contribution in [0.3, 0.4) is 0 Å². The standard InChI is InChI=1S/C22H23N3O2S/c1-16(2)18-11-8-17(9-12-18)10-13-20(26)23-22-25-24-21(28-22)14-15-27-19-6-4-3-5-7-19/h3-13,16H,14-15H2,1-2H3,(H,23,25,26)/b13-10+. The number of carbonyl (C=O) groups is 1. The molecule has 0 aliphatic rings. The van der Waals surface area contributed by atoms with Crippen molar-refractivity contribution in [1.82, 2.24) is 10.2 Å². The first-order valence-corrected chi connectivity index (χ1v) is 10.0. The van der Waals surface area contributed by atoms with E-state index in [1.54, 1.807) is 6.08 Å². The average molecular weight is 394 g/mol. The zero-order valence-corrected chi connectivity index (χ0v) is 16.8. The molecule has 3 rings (SSSR count). The van der Waals surface area contributed by atoms with Gasteiger partial charge in [0.15, 0.2) is 0 Å². The Morgan fingerprint density at radius 3 is 2.57 bits per heavy atom. The number of carbonyl (C=O) groups excluding carboxylic acids is 1. The van der Waals surface area contributed by atoms with Crippen LogP contribution in [0.1, 0.15) is 35.9 Å². The molecule has 1 aromatic heterocycles. The van der Waals surface area contributed by atoms with Crippen molar-refractivity contribution in [1.29, 1.82) is 0 Å². The molecule has 3 aromatic rings. The fourth-order valence-corrected chi connectivity index (χ4v) is 3.21. The fraction of sp³-hybridized carbons (Fsp3) is 0.227. The first kappa shape index (κ1) is 19.8. The summed E-state index contributed by atoms with van der Waals surface area (Å²) in [6, 6.07) is 17.8. The van der Waals surface area contributed by atoms with Gasteiger partial charge in [-0.15, -0.1) is 10.2 Å². The topological polar surface area (TPSA) is 64.1 Å². The molecule has 1 heterocycles. The van der Waals surface area contributed by atoms with Crippen LogP contribution in [-0.2, 0) is 11.2 Å². The van der Waals surface area contributed by atoms with Crippen molar-refractivity contribution >= 4 is 28.5 Å². The highest BCUT2D eigenvalue weighted by molar-refractivity contribution is 7.15. The monoisotopic (exact) mass is 393 g/mol. The molecule has 0 atom stereocenters. The summed E-state index contributed by atoms with van der Waals surface area (Å²) in [7, 11) is 0. The summed E-state index contributed by atoms with van der Waals surface area (Å²) in [6.07, 6.45) is 3.93. The van der Waals surface area contributed by atoms with Gasteiger partial charge < -0.3 is 4.74 Å². The number of para-hydroxylation sites is 1. The number of nitrogens with zero attached hydrogens (tertiary/aromatic N) is 2. The molecule has 6 heteroatoms. The van der Waals surface area contributed by atoms with Gasteiger partial charge in [-0.3, -0.25) is 10.1 Å². The predicted octanol–water partition coefficient (Wildman–Crippen LogP) is 4.93. The highest BCUT2D eigenvalue weighted by Gasteiger charge is 2.07. The zero-order valence-electron chi connectivity index (χ0n) is 16.0. The Labute approximate surface area is 169 Å². The van der Waals surface area contributed by atoms with E-state index in [2.05, 4.69) is 41.5 Å². The van der Waals surface area contributed by atoms with E-state index in [1.165, 1.54) is 23.0 Å². The van der Waals surface area contributed by atoms with Crippen LogP contribution in [0.2, 0.25) is 0 Å². The molecule has 0 aliphatic carbocycles. The zero-order chi connectivity index (χ0) is 19.8. The molecular weight excluding hydrogens is 370 g/mol. The number of hydrogen-bond donors (Lipinski definition) is 1. The minimum Gasteiger partial charge on any atom is -0.493 e. The Hall–Kier alpha value is -2.99. The van der Waals surface area contributed by atoms with E-state index >= 15 is 0 Å². The lowest BCUT2D eigenvalue weighted by Crippen LogP contribution is -2.07. The van der Waals surface area contributed by atoms with Crippen LogP contribution in [0.5, 0.6) is 5.75 Å². The van der Waals surface area contributed by atoms with Crippen molar-refractivity contribution in [2.75, 3.05) is 11.9 Å². The van der Waals surface area contributed by atoms with E-state index in [0.29, 0.717) is 24.1 Å². The summed E-state index contributed by atoms with van der Waals surface area (Å²) in [6.45, 7) is 4.82. The van der Waals surface area contributed by atoms with Gasteiger partial charge in [-0.25, -0.2) is 0 Å². The fourth-order valence-electron chi connectivity index (χ4n) is 2.49. The number of amides is 1. The summed E-state index contributed by atoms with van der Waals surface area (Å²) in [5.74, 6) is 1.09. The maximum absolute atomic E-state index is 12.1. The van der Waals surface area contributed by atoms with Crippen molar-refractivity contribution in [3.05, 3.63) is 76.8 Å². The van der Waals surface area contributed by atoms with Crippen molar-refractivity contribution < 1.29 is 9.53 Å². The molecule has 0 aliphatic heterocycles. The van der Waals surface area contributed by atoms with Crippen molar-refractivity contribution in [2.45, 2.75) is 26.2 Å². The van der Waals surface area contributed by atoms with Crippen LogP contribution in [0, 0.1) is 0 Å². The van der Waals surface area contributed by atoms with Gasteiger partial charge in [-0.2, -0.15) is 0 Å². The van der Waals surface area contributed by atoms with Gasteiger partial charge in [0.2, 0.25) is 11.0 Å². The minimum absolute atomic E-state index is 0.226. The quantitative estimate of drug-likeness (QED) is 0.551. The molecular formula is C22H23N3O2S. The van der Waals surface area contributed by atoms with Crippen LogP contribution >= 0.6 is 11.3 Å². The Bertz CT molecular complexity index is 918. The number of hydrogen-bond acceptors (Lipinski definition) is 5. The molecule has 144 valence electrons. The lowest BCUT2D eigenvalue weighted by molar-refractivity contribution is -0.111. The third-order valence-corrected chi connectivity index (χ3v) is 4.95. The molecule has 1 N–H and O–H groups in total. The van der Waals surface area contributed by atoms with Crippen molar-refractivity contribution in [3.8, 4) is 5.75 Å². The lowest BCUT2D eigenvalue weighted by Gasteiger charge is -2.04. The van der Waals surface area contributed by atoms with Crippen LogP contribution in [0.25, 0.3) is 6.08 Å². The smallest absolute Gasteiger partial charge is 0.250 e. The highest BCUT2D eigenvalue weighted by atomic mass is 32.1. The van der Waals surface area contributed by atoms with E-state index in [1.807, 2.05) is 42.5 Å². The largest absolute Gasteiger partial charge is 0.493 e. The van der Waals surface area contributed by atoms with Crippen LogP contribution < -0.4 is 10.1 Å². The van der Waals surface area contributed by atoms with Gasteiger partial charge >= 0.3 is 0 Å². The molecule has 0 unspecified atom stereocenters. The first-order valence-electron chi connectivity index (χ1n) is 9.19. The number of benzene rings is 2. The molecule has 0 radical (unpaired) electrons. The summed E-state index contributed by atoms with van der Waals surface area (Å²) >= 11 is 1.36. The first-order chi connectivity index (χ1) is 13.6. The molecule has 0 bridgehead atoms. The number of anilines is 1. The summed E-state index contributed by atoms with van der Waals surface area (Å²) < 4.78 is 5.65. The van der Waals surface area contributed by atoms with E-state index in [9.17, 15) is 4.79 Å². The number of rotatable bonds is 8. The normalized spacial score (nSPS) is 11.1. The van der Waals surface area contributed by atoms with Crippen molar-refractivity contribution in [2.24, 2.45) is 0 Å². The SMILES string of the molecule is CC(C)c1ccc(/C=C/C(=O)Nc2nnc(CCOc3ccccc3)s2)cc1. The Kier molecular flexibility index (Phi) is 6.92. The van der Waals surface area contributed by atoms with Crippen LogP contribution in [-0.4, -0.2) is 22.7 Å². The van der Waals surface area contributed by atoms with Crippen molar-refractivity contribution in [3.63, 3.8) is 0 Å². The second-order valence-corrected chi connectivity index (χ2v) is 7.62. The molecule has 0 saturated heterocycles. The minimum atomic E-state index is -0.226. The molecule has 1 amide bonds. The maximum Gasteiger partial charge on any atom is 0.250 e. The van der Waals surface area contributed by atoms with Crippen LogP contribution in [0.4, 0.5) is 5.13 Å². The number of nitrogens with one attached hydrogen (secondary N) is 1. The van der Waals surface area contributed by atoms with E-state index < -0.39 is 0 Å². The molecule has 0 saturated carbocycles. The van der Waals surface area contributed by atoms with Gasteiger partial charge in [0.1, 0.15) is 10.8 Å². The Balaban J connectivity index is 1.46. The second-order valence-electron chi connectivity index (χ2n) is 6.56. The Morgan fingerprint density at radius 1 is 1.11 bits per heavy atom. The Morgan fingerprint density at radius 2 is 1.86 bits per heavy atom. The van der Waals surface area contributed by atoms with Gasteiger partial charge in [-0.1, -0.05) is 67.6 Å². The van der Waals surface area contributed by atoms with E-state index in [0.717, 1.165) is 16.3 Å². The highest BCUT2D eigenvalue weighted by Crippen LogP contribution is 2.17. The third kappa shape index (κ3) is 6.03. The van der Waals surface area contributed by atoms with E-state index in [4.69, 9.17) is 4.74 Å². The molecule has 2 aromatic carbocycles. The van der Waals surface area contributed by atoms with Gasteiger partial charge in [-0.05, 0) is 35.3 Å². The van der Waals surface area contributed by atoms with Crippen LogP contribution in [0.15, 0.2) is 60.7 Å². The number of ether oxygens (including phenoxy) is 1. The maximum atomic E-state index is 12.1. The summed E-state index contributed by atoms with van der Waals surface area (Å²) in [5.41, 5.74) is 2.26. The molecule has 28 heavy (non-hydrogen) atoms. The second kappa shape index (κ2) is 9.80. The van der Waals surface area contributed by atoms with Gasteiger partial charge in [0, 0.05) is 12.5 Å². The molecule has 0 spiro atoms. The average Bonchev–Trinajstić information content (AvgIpc) is 3.14. The predicted molar refractivity (Wildman–Crippen MR) is 114 cm³/mol.